The Balaban J connectivity index is 1.61. The van der Waals surface area contributed by atoms with E-state index in [9.17, 15) is 9.59 Å². The smallest absolute Gasteiger partial charge is 0.289 e. The first-order valence-electron chi connectivity index (χ1n) is 8.24. The molecule has 4 rings (SSSR count). The number of hydrogen-bond donors (Lipinski definition) is 0. The fourth-order valence-corrected chi connectivity index (χ4v) is 3.21. The minimum atomic E-state index is -0.288. The molecule has 3 aromatic rings. The maximum Gasteiger partial charge on any atom is 0.289 e. The zero-order valence-corrected chi connectivity index (χ0v) is 13.8. The lowest BCUT2D eigenvalue weighted by molar-refractivity contribution is 0.0664. The molecule has 1 fully saturated rings. The molecule has 3 heterocycles. The molecule has 0 unspecified atom stereocenters. The van der Waals surface area contributed by atoms with Crippen LogP contribution in [0.3, 0.4) is 0 Å². The fraction of sp³-hybridized carbons (Fsp3) is 0.333. The van der Waals surface area contributed by atoms with Crippen LogP contribution in [0.4, 0.5) is 0 Å². The summed E-state index contributed by atoms with van der Waals surface area (Å²) in [7, 11) is 0. The van der Waals surface area contributed by atoms with Crippen LogP contribution in [0, 0.1) is 6.92 Å². The van der Waals surface area contributed by atoms with Crippen LogP contribution >= 0.6 is 0 Å². The number of rotatable bonds is 2. The molecule has 7 heteroatoms. The van der Waals surface area contributed by atoms with Crippen molar-refractivity contribution >= 4 is 16.9 Å². The van der Waals surface area contributed by atoms with Crippen molar-refractivity contribution in [2.24, 2.45) is 0 Å². The van der Waals surface area contributed by atoms with Crippen molar-refractivity contribution in [1.29, 1.82) is 0 Å². The predicted octanol–water partition coefficient (Wildman–Crippen LogP) is 2.50. The first-order valence-corrected chi connectivity index (χ1v) is 8.24. The van der Waals surface area contributed by atoms with Gasteiger partial charge in [0, 0.05) is 19.2 Å². The number of fused-ring (bicyclic) bond motifs is 1. The third-order valence-corrected chi connectivity index (χ3v) is 4.45. The third-order valence-electron chi connectivity index (χ3n) is 4.45. The van der Waals surface area contributed by atoms with E-state index in [4.69, 9.17) is 8.94 Å². The van der Waals surface area contributed by atoms with Gasteiger partial charge in [0.15, 0.2) is 17.0 Å². The zero-order chi connectivity index (χ0) is 17.4. The molecule has 25 heavy (non-hydrogen) atoms. The highest BCUT2D eigenvalue weighted by Crippen LogP contribution is 2.26. The Morgan fingerprint density at radius 1 is 1.32 bits per heavy atom. The lowest BCUT2D eigenvalue weighted by Gasteiger charge is -2.30. The van der Waals surface area contributed by atoms with Crippen molar-refractivity contribution in [1.82, 2.24) is 15.0 Å². The van der Waals surface area contributed by atoms with Gasteiger partial charge in [-0.2, -0.15) is 4.98 Å². The molecule has 1 amide bonds. The summed E-state index contributed by atoms with van der Waals surface area (Å²) in [5.41, 5.74) is 0.200. The summed E-state index contributed by atoms with van der Waals surface area (Å²) in [6, 6.07) is 8.18. The fourth-order valence-electron chi connectivity index (χ4n) is 3.21. The molecule has 0 aliphatic carbocycles. The normalized spacial score (nSPS) is 17.8. The molecule has 1 saturated heterocycles. The lowest BCUT2D eigenvalue weighted by atomic mass is 9.97. The topological polar surface area (TPSA) is 89.4 Å². The summed E-state index contributed by atoms with van der Waals surface area (Å²) in [4.78, 5) is 31.0. The SMILES string of the molecule is Cc1noc([C@@H]2CCCN(C(=O)c3cc(=O)c4ccccc4o3)C2)n1. The standard InChI is InChI=1S/C18H17N3O4/c1-11-19-17(25-20-11)12-5-4-8-21(10-12)18(23)16-9-14(22)13-6-2-3-7-15(13)24-16/h2-3,6-7,9,12H,4-5,8,10H2,1H3/t12-/m1/s1. The monoisotopic (exact) mass is 339 g/mol. The largest absolute Gasteiger partial charge is 0.451 e. The minimum Gasteiger partial charge on any atom is -0.451 e. The van der Waals surface area contributed by atoms with Crippen molar-refractivity contribution in [3.8, 4) is 0 Å². The number of likely N-dealkylation sites (tertiary alicyclic amines) is 1. The molecule has 1 atom stereocenters. The number of para-hydroxylation sites is 1. The highest BCUT2D eigenvalue weighted by Gasteiger charge is 2.30. The Labute approximate surface area is 143 Å². The average Bonchev–Trinajstić information content (AvgIpc) is 3.08. The van der Waals surface area contributed by atoms with Crippen LogP contribution in [0.2, 0.25) is 0 Å². The van der Waals surface area contributed by atoms with E-state index in [1.807, 2.05) is 0 Å². The van der Waals surface area contributed by atoms with E-state index in [-0.39, 0.29) is 23.0 Å². The second-order valence-corrected chi connectivity index (χ2v) is 6.24. The van der Waals surface area contributed by atoms with Gasteiger partial charge in [-0.05, 0) is 31.9 Å². The number of piperidine rings is 1. The Morgan fingerprint density at radius 3 is 2.96 bits per heavy atom. The molecule has 0 N–H and O–H groups in total. The second-order valence-electron chi connectivity index (χ2n) is 6.24. The van der Waals surface area contributed by atoms with Crippen molar-refractivity contribution in [3.63, 3.8) is 0 Å². The summed E-state index contributed by atoms with van der Waals surface area (Å²) in [5, 5.41) is 4.29. The first-order chi connectivity index (χ1) is 12.1. The maximum absolute atomic E-state index is 12.8. The Kier molecular flexibility index (Phi) is 3.83. The summed E-state index contributed by atoms with van der Waals surface area (Å²) >= 11 is 0. The summed E-state index contributed by atoms with van der Waals surface area (Å²) in [6.45, 7) is 2.85. The van der Waals surface area contributed by atoms with Crippen LogP contribution in [0.15, 0.2) is 44.1 Å². The maximum atomic E-state index is 12.8. The first kappa shape index (κ1) is 15.6. The van der Waals surface area contributed by atoms with Gasteiger partial charge >= 0.3 is 0 Å². The number of nitrogens with zero attached hydrogens (tertiary/aromatic N) is 3. The molecule has 128 valence electrons. The van der Waals surface area contributed by atoms with E-state index in [1.165, 1.54) is 6.07 Å². The van der Waals surface area contributed by atoms with E-state index in [0.29, 0.717) is 35.8 Å². The van der Waals surface area contributed by atoms with Gasteiger partial charge in [0.2, 0.25) is 5.89 Å². The van der Waals surface area contributed by atoms with E-state index < -0.39 is 0 Å². The number of carbonyl (C=O) groups excluding carboxylic acids is 1. The predicted molar refractivity (Wildman–Crippen MR) is 89.4 cm³/mol. The van der Waals surface area contributed by atoms with E-state index in [0.717, 1.165) is 12.8 Å². The Morgan fingerprint density at radius 2 is 2.16 bits per heavy atom. The van der Waals surface area contributed by atoms with Crippen LogP contribution in [-0.2, 0) is 0 Å². The zero-order valence-electron chi connectivity index (χ0n) is 13.8. The van der Waals surface area contributed by atoms with Crippen molar-refractivity contribution < 1.29 is 13.7 Å². The third kappa shape index (κ3) is 2.93. The highest BCUT2D eigenvalue weighted by atomic mass is 16.5. The molecule has 7 nitrogen and oxygen atoms in total. The molecule has 0 bridgehead atoms. The van der Waals surface area contributed by atoms with Gasteiger partial charge in [0.25, 0.3) is 5.91 Å². The van der Waals surface area contributed by atoms with Crippen molar-refractivity contribution in [3.05, 3.63) is 58.0 Å². The summed E-state index contributed by atoms with van der Waals surface area (Å²) < 4.78 is 10.9. The Hall–Kier alpha value is -2.96. The number of carbonyl (C=O) groups is 1. The number of benzene rings is 1. The van der Waals surface area contributed by atoms with E-state index >= 15 is 0 Å². The molecule has 2 aromatic heterocycles. The van der Waals surface area contributed by atoms with Crippen molar-refractivity contribution in [2.75, 3.05) is 13.1 Å². The Bertz CT molecular complexity index is 991. The molecule has 1 aliphatic rings. The van der Waals surface area contributed by atoms with E-state index in [1.54, 1.807) is 36.1 Å². The summed E-state index contributed by atoms with van der Waals surface area (Å²) in [5.74, 6) is 0.912. The highest BCUT2D eigenvalue weighted by molar-refractivity contribution is 5.93. The van der Waals surface area contributed by atoms with E-state index in [2.05, 4.69) is 10.1 Å². The van der Waals surface area contributed by atoms with Gasteiger partial charge in [-0.25, -0.2) is 0 Å². The lowest BCUT2D eigenvalue weighted by Crippen LogP contribution is -2.39. The van der Waals surface area contributed by atoms with Gasteiger partial charge in [-0.3, -0.25) is 9.59 Å². The molecule has 0 saturated carbocycles. The average molecular weight is 339 g/mol. The second kappa shape index (κ2) is 6.16. The van der Waals surface area contributed by atoms with Gasteiger partial charge in [0.1, 0.15) is 5.58 Å². The number of amides is 1. The summed E-state index contributed by atoms with van der Waals surface area (Å²) in [6.07, 6.45) is 1.71. The molecule has 1 aromatic carbocycles. The molecule has 0 spiro atoms. The van der Waals surface area contributed by atoms with Gasteiger partial charge in [-0.1, -0.05) is 17.3 Å². The molecule has 0 radical (unpaired) electrons. The molecule has 1 aliphatic heterocycles. The van der Waals surface area contributed by atoms with Crippen LogP contribution in [0.1, 0.15) is 41.0 Å². The number of hydrogen-bond acceptors (Lipinski definition) is 6. The number of aryl methyl sites for hydroxylation is 1. The number of aromatic nitrogens is 2. The van der Waals surface area contributed by atoms with Crippen molar-refractivity contribution in [2.45, 2.75) is 25.7 Å². The minimum absolute atomic E-state index is 0.00563. The molecular formula is C18H17N3O4. The van der Waals surface area contributed by atoms with Crippen LogP contribution in [0.25, 0.3) is 11.0 Å². The van der Waals surface area contributed by atoms with Gasteiger partial charge in [0.05, 0.1) is 11.3 Å². The van der Waals surface area contributed by atoms with Gasteiger partial charge in [-0.15, -0.1) is 0 Å². The quantitative estimate of drug-likeness (QED) is 0.712. The van der Waals surface area contributed by atoms with Gasteiger partial charge < -0.3 is 13.8 Å². The van der Waals surface area contributed by atoms with Crippen LogP contribution in [0.5, 0.6) is 0 Å². The molecular weight excluding hydrogens is 322 g/mol. The van der Waals surface area contributed by atoms with Crippen LogP contribution in [-0.4, -0.2) is 34.0 Å². The van der Waals surface area contributed by atoms with Crippen LogP contribution < -0.4 is 5.43 Å².